The Balaban J connectivity index is 0.00000221. The highest BCUT2D eigenvalue weighted by Crippen LogP contribution is 2.40. The third kappa shape index (κ3) is 6.54. The van der Waals surface area contributed by atoms with E-state index in [2.05, 4.69) is 36.0 Å². The minimum Gasteiger partial charge on any atom is -0.508 e. The van der Waals surface area contributed by atoms with Crippen molar-refractivity contribution in [3.8, 4) is 5.75 Å². The van der Waals surface area contributed by atoms with Gasteiger partial charge in [-0.1, -0.05) is 19.9 Å². The number of nitrogens with zero attached hydrogens (tertiary/aromatic N) is 4. The molecule has 12 heteroatoms. The SMILES string of the molecule is C[C@@H]1CN(CC(=O)N2CC(C)(C)c3ncc(Cc4ccc(F)cc4F)cc32)[C@@H](CN2Cc3cc(O)ccc3C2=O)CN1.Cl.Cl. The fourth-order valence-corrected chi connectivity index (χ4v) is 6.42. The molecule has 1 saturated heterocycles. The molecular weight excluding hydrogens is 611 g/mol. The third-order valence-corrected chi connectivity index (χ3v) is 8.58. The molecule has 2 N–H and O–H groups in total. The van der Waals surface area contributed by atoms with Crippen LogP contribution < -0.4 is 10.2 Å². The summed E-state index contributed by atoms with van der Waals surface area (Å²) >= 11 is 0. The Morgan fingerprint density at radius 2 is 1.91 bits per heavy atom. The van der Waals surface area contributed by atoms with Crippen molar-refractivity contribution in [2.75, 3.05) is 37.6 Å². The van der Waals surface area contributed by atoms with E-state index < -0.39 is 11.6 Å². The number of hydrogen-bond donors (Lipinski definition) is 2. The molecule has 0 unspecified atom stereocenters. The maximum Gasteiger partial charge on any atom is 0.254 e. The number of carbonyl (C=O) groups is 2. The van der Waals surface area contributed by atoms with Gasteiger partial charge in [0.15, 0.2) is 0 Å². The molecule has 2 amide bonds. The molecule has 236 valence electrons. The summed E-state index contributed by atoms with van der Waals surface area (Å²) in [6.07, 6.45) is 1.94. The number of nitrogens with one attached hydrogen (secondary N) is 1. The Morgan fingerprint density at radius 1 is 1.14 bits per heavy atom. The number of benzene rings is 2. The highest BCUT2D eigenvalue weighted by molar-refractivity contribution is 5.99. The second-order valence-corrected chi connectivity index (χ2v) is 12.4. The van der Waals surface area contributed by atoms with Gasteiger partial charge in [0.05, 0.1) is 17.9 Å². The van der Waals surface area contributed by atoms with E-state index in [1.54, 1.807) is 28.1 Å². The van der Waals surface area contributed by atoms with Crippen LogP contribution in [0.25, 0.3) is 0 Å². The molecule has 3 aromatic rings. The number of anilines is 1. The Kier molecular flexibility index (Phi) is 9.90. The van der Waals surface area contributed by atoms with E-state index in [0.29, 0.717) is 43.9 Å². The van der Waals surface area contributed by atoms with Gasteiger partial charge in [-0.15, -0.1) is 24.8 Å². The molecule has 1 aromatic heterocycles. The van der Waals surface area contributed by atoms with Crippen molar-refractivity contribution in [2.45, 2.75) is 51.2 Å². The lowest BCUT2D eigenvalue weighted by molar-refractivity contribution is -0.120. The van der Waals surface area contributed by atoms with Crippen LogP contribution >= 0.6 is 24.8 Å². The summed E-state index contributed by atoms with van der Waals surface area (Å²) in [7, 11) is 0. The Morgan fingerprint density at radius 3 is 2.66 bits per heavy atom. The zero-order valence-electron chi connectivity index (χ0n) is 24.8. The van der Waals surface area contributed by atoms with Gasteiger partial charge in [0.2, 0.25) is 5.91 Å². The first-order chi connectivity index (χ1) is 20.0. The van der Waals surface area contributed by atoms with Crippen molar-refractivity contribution in [1.82, 2.24) is 20.1 Å². The zero-order valence-corrected chi connectivity index (χ0v) is 26.5. The first-order valence-corrected chi connectivity index (χ1v) is 14.3. The van der Waals surface area contributed by atoms with Crippen LogP contribution in [0.4, 0.5) is 14.5 Å². The highest BCUT2D eigenvalue weighted by atomic mass is 35.5. The summed E-state index contributed by atoms with van der Waals surface area (Å²) in [5.74, 6) is -1.23. The molecule has 4 heterocycles. The number of aromatic hydroxyl groups is 1. The van der Waals surface area contributed by atoms with Crippen LogP contribution in [-0.2, 0) is 23.2 Å². The van der Waals surface area contributed by atoms with Crippen molar-refractivity contribution in [3.63, 3.8) is 0 Å². The summed E-state index contributed by atoms with van der Waals surface area (Å²) in [6, 6.07) is 10.4. The van der Waals surface area contributed by atoms with Gasteiger partial charge >= 0.3 is 0 Å². The van der Waals surface area contributed by atoms with E-state index in [4.69, 9.17) is 0 Å². The average molecular weight is 649 g/mol. The Hall–Kier alpha value is -3.31. The number of halogens is 4. The number of aromatic nitrogens is 1. The quantitative estimate of drug-likeness (QED) is 0.411. The topological polar surface area (TPSA) is 89.0 Å². The van der Waals surface area contributed by atoms with Crippen LogP contribution in [0.15, 0.2) is 48.7 Å². The third-order valence-electron chi connectivity index (χ3n) is 8.58. The molecule has 0 saturated carbocycles. The van der Waals surface area contributed by atoms with Crippen molar-refractivity contribution >= 4 is 42.3 Å². The number of phenols is 1. The van der Waals surface area contributed by atoms with Gasteiger partial charge in [0, 0.05) is 74.5 Å². The standard InChI is InChI=1S/C32H35F2N5O3.2ClH/c1-19-14-37(24(13-35-19)16-38-15-22-10-25(40)6-7-26(22)31(38)42)17-29(41)39-18-32(2,3)30-28(39)9-20(12-36-30)8-21-4-5-23(33)11-27(21)34;;/h4-7,9-12,19,24,35,40H,8,13-18H2,1-3H3;2*1H/t19-,24-;;/m1../s1. The van der Waals surface area contributed by atoms with Crippen LogP contribution in [0.2, 0.25) is 0 Å². The van der Waals surface area contributed by atoms with Gasteiger partial charge in [-0.2, -0.15) is 0 Å². The molecule has 3 aliphatic rings. The van der Waals surface area contributed by atoms with Crippen LogP contribution in [0.1, 0.15) is 53.5 Å². The highest BCUT2D eigenvalue weighted by Gasteiger charge is 2.41. The number of fused-ring (bicyclic) bond motifs is 2. The Labute approximate surface area is 268 Å². The molecule has 1 fully saturated rings. The first kappa shape index (κ1) is 33.6. The summed E-state index contributed by atoms with van der Waals surface area (Å²) in [5.41, 5.74) is 3.68. The van der Waals surface area contributed by atoms with Gasteiger partial charge in [-0.3, -0.25) is 19.5 Å². The lowest BCUT2D eigenvalue weighted by Crippen LogP contribution is -2.60. The summed E-state index contributed by atoms with van der Waals surface area (Å²) < 4.78 is 27.8. The van der Waals surface area contributed by atoms with Crippen LogP contribution in [0.3, 0.4) is 0 Å². The molecule has 0 aliphatic carbocycles. The normalized spacial score (nSPS) is 20.5. The second kappa shape index (κ2) is 13.0. The van der Waals surface area contributed by atoms with Crippen molar-refractivity contribution in [1.29, 1.82) is 0 Å². The predicted octanol–water partition coefficient (Wildman–Crippen LogP) is 4.44. The molecule has 8 nitrogen and oxygen atoms in total. The largest absolute Gasteiger partial charge is 0.508 e. The van der Waals surface area contributed by atoms with E-state index in [9.17, 15) is 23.5 Å². The summed E-state index contributed by atoms with van der Waals surface area (Å²) in [5, 5.41) is 13.3. The van der Waals surface area contributed by atoms with Gasteiger partial charge < -0.3 is 20.2 Å². The van der Waals surface area contributed by atoms with Gasteiger partial charge in [0.1, 0.15) is 17.4 Å². The van der Waals surface area contributed by atoms with E-state index in [1.165, 1.54) is 18.2 Å². The summed E-state index contributed by atoms with van der Waals surface area (Å²) in [6.45, 7) is 9.00. The van der Waals surface area contributed by atoms with E-state index in [-0.39, 0.29) is 72.8 Å². The van der Waals surface area contributed by atoms with Gasteiger partial charge in [0.25, 0.3) is 5.91 Å². The first-order valence-electron chi connectivity index (χ1n) is 14.3. The fraction of sp³-hybridized carbons (Fsp3) is 0.406. The van der Waals surface area contributed by atoms with Gasteiger partial charge in [-0.05, 0) is 53.9 Å². The molecule has 0 bridgehead atoms. The number of carbonyl (C=O) groups excluding carboxylic acids is 2. The number of amides is 2. The minimum absolute atomic E-state index is 0. The average Bonchev–Trinajstić information content (AvgIpc) is 3.38. The summed E-state index contributed by atoms with van der Waals surface area (Å²) in [4.78, 5) is 37.4. The molecule has 44 heavy (non-hydrogen) atoms. The molecule has 3 aliphatic heterocycles. The van der Waals surface area contributed by atoms with Crippen LogP contribution in [-0.4, -0.2) is 76.5 Å². The number of phenolic OH excluding ortho intramolecular Hbond substituents is 1. The minimum atomic E-state index is -0.625. The van der Waals surface area contributed by atoms with Gasteiger partial charge in [-0.25, -0.2) is 8.78 Å². The molecule has 2 atom stereocenters. The van der Waals surface area contributed by atoms with E-state index in [0.717, 1.165) is 28.6 Å². The second-order valence-electron chi connectivity index (χ2n) is 12.4. The molecule has 2 aromatic carbocycles. The number of rotatable bonds is 6. The van der Waals surface area contributed by atoms with E-state index >= 15 is 0 Å². The zero-order chi connectivity index (χ0) is 29.8. The van der Waals surface area contributed by atoms with Crippen molar-refractivity contribution < 1.29 is 23.5 Å². The lowest BCUT2D eigenvalue weighted by Gasteiger charge is -2.41. The Bertz CT molecular complexity index is 1570. The molecule has 6 rings (SSSR count). The molecule has 0 spiro atoms. The van der Waals surface area contributed by atoms with E-state index in [1.807, 2.05) is 6.07 Å². The maximum atomic E-state index is 14.4. The number of pyridine rings is 1. The van der Waals surface area contributed by atoms with Crippen LogP contribution in [0.5, 0.6) is 5.75 Å². The lowest BCUT2D eigenvalue weighted by atomic mass is 9.91. The van der Waals surface area contributed by atoms with Crippen molar-refractivity contribution in [3.05, 3.63) is 88.2 Å². The van der Waals surface area contributed by atoms with Crippen molar-refractivity contribution in [2.24, 2.45) is 0 Å². The fourth-order valence-electron chi connectivity index (χ4n) is 6.42. The predicted molar refractivity (Wildman–Crippen MR) is 169 cm³/mol. The molecule has 0 radical (unpaired) electrons. The number of piperazine rings is 1. The number of hydrogen-bond acceptors (Lipinski definition) is 6. The molecular formula is C32H37Cl2F2N5O3. The maximum absolute atomic E-state index is 14.4. The van der Waals surface area contributed by atoms with Crippen LogP contribution in [0, 0.1) is 11.6 Å². The smallest absolute Gasteiger partial charge is 0.254 e. The monoisotopic (exact) mass is 647 g/mol.